The topological polar surface area (TPSA) is 55.9 Å². The molecule has 2 heterocycles. The summed E-state index contributed by atoms with van der Waals surface area (Å²) in [5, 5.41) is 5.47. The molecule has 3 aromatic rings. The van der Waals surface area contributed by atoms with Crippen LogP contribution < -0.4 is 11.1 Å². The lowest BCUT2D eigenvalue weighted by molar-refractivity contribution is 0.591. The average molecular weight is 286 g/mol. The zero-order valence-electron chi connectivity index (χ0n) is 11.2. The first-order chi connectivity index (χ1) is 9.84. The van der Waals surface area contributed by atoms with Crippen LogP contribution >= 0.6 is 11.3 Å². The molecule has 3 N–H and O–H groups in total. The van der Waals surface area contributed by atoms with Gasteiger partial charge in [0, 0.05) is 23.7 Å². The van der Waals surface area contributed by atoms with Gasteiger partial charge in [0.1, 0.15) is 0 Å². The fourth-order valence-corrected chi connectivity index (χ4v) is 3.03. The van der Waals surface area contributed by atoms with E-state index >= 15 is 0 Å². The van der Waals surface area contributed by atoms with Crippen molar-refractivity contribution in [1.82, 2.24) is 14.9 Å². The maximum absolute atomic E-state index is 5.85. The van der Waals surface area contributed by atoms with Gasteiger partial charge in [-0.2, -0.15) is 0 Å². The second-order valence-corrected chi connectivity index (χ2v) is 5.76. The van der Waals surface area contributed by atoms with Crippen molar-refractivity contribution in [2.24, 2.45) is 0 Å². The van der Waals surface area contributed by atoms with Crippen LogP contribution in [0, 0.1) is 0 Å². The van der Waals surface area contributed by atoms with E-state index < -0.39 is 0 Å². The molecule has 4 nitrogen and oxygen atoms in total. The standard InChI is InChI=1S/C15H18N4S/c16-12-6-9-20-15(12)10-17-7-3-8-19-11-18-13-4-1-2-5-14(13)19/h1-2,4-6,9,11,17H,3,7-8,10,16H2. The van der Waals surface area contributed by atoms with Gasteiger partial charge in [-0.3, -0.25) is 0 Å². The SMILES string of the molecule is Nc1ccsc1CNCCCn1cnc2ccccc21. The summed E-state index contributed by atoms with van der Waals surface area (Å²) >= 11 is 1.70. The quantitative estimate of drug-likeness (QED) is 0.685. The van der Waals surface area contributed by atoms with Gasteiger partial charge < -0.3 is 15.6 Å². The number of rotatable bonds is 6. The lowest BCUT2D eigenvalue weighted by Gasteiger charge is -2.06. The molecule has 0 fully saturated rings. The normalized spacial score (nSPS) is 11.2. The minimum Gasteiger partial charge on any atom is -0.398 e. The number of nitrogens with zero attached hydrogens (tertiary/aromatic N) is 2. The zero-order chi connectivity index (χ0) is 13.8. The Labute approximate surface area is 122 Å². The van der Waals surface area contributed by atoms with Crippen LogP contribution in [0.4, 0.5) is 5.69 Å². The third kappa shape index (κ3) is 2.84. The van der Waals surface area contributed by atoms with Gasteiger partial charge in [-0.1, -0.05) is 12.1 Å². The van der Waals surface area contributed by atoms with Gasteiger partial charge in [-0.15, -0.1) is 11.3 Å². The molecule has 2 aromatic heterocycles. The minimum absolute atomic E-state index is 0.855. The van der Waals surface area contributed by atoms with Crippen LogP contribution in [0.3, 0.4) is 0 Å². The van der Waals surface area contributed by atoms with Crippen LogP contribution in [0.2, 0.25) is 0 Å². The maximum atomic E-state index is 5.85. The summed E-state index contributed by atoms with van der Waals surface area (Å²) in [6, 6.07) is 10.2. The Balaban J connectivity index is 1.47. The zero-order valence-corrected chi connectivity index (χ0v) is 12.1. The predicted molar refractivity (Wildman–Crippen MR) is 84.8 cm³/mol. The smallest absolute Gasteiger partial charge is 0.0958 e. The minimum atomic E-state index is 0.855. The van der Waals surface area contributed by atoms with E-state index in [0.29, 0.717) is 0 Å². The molecular weight excluding hydrogens is 268 g/mol. The highest BCUT2D eigenvalue weighted by Crippen LogP contribution is 2.18. The molecule has 104 valence electrons. The van der Waals surface area contributed by atoms with E-state index in [-0.39, 0.29) is 0 Å². The van der Waals surface area contributed by atoms with Crippen molar-refractivity contribution in [1.29, 1.82) is 0 Å². The Bertz CT molecular complexity index is 686. The van der Waals surface area contributed by atoms with Crippen molar-refractivity contribution in [2.75, 3.05) is 12.3 Å². The van der Waals surface area contributed by atoms with Crippen LogP contribution in [0.25, 0.3) is 11.0 Å². The lowest BCUT2D eigenvalue weighted by Crippen LogP contribution is -2.16. The predicted octanol–water partition coefficient (Wildman–Crippen LogP) is 2.86. The van der Waals surface area contributed by atoms with Gasteiger partial charge in [0.15, 0.2) is 0 Å². The summed E-state index contributed by atoms with van der Waals surface area (Å²) in [6.45, 7) is 2.81. The summed E-state index contributed by atoms with van der Waals surface area (Å²) in [5.74, 6) is 0. The first-order valence-electron chi connectivity index (χ1n) is 6.77. The van der Waals surface area contributed by atoms with Gasteiger partial charge in [0.05, 0.1) is 17.4 Å². The number of anilines is 1. The molecule has 20 heavy (non-hydrogen) atoms. The third-order valence-corrected chi connectivity index (χ3v) is 4.28. The van der Waals surface area contributed by atoms with Gasteiger partial charge in [-0.05, 0) is 36.5 Å². The number of nitrogens with one attached hydrogen (secondary N) is 1. The van der Waals surface area contributed by atoms with Crippen molar-refractivity contribution in [3.05, 3.63) is 46.9 Å². The molecule has 0 saturated carbocycles. The molecule has 5 heteroatoms. The van der Waals surface area contributed by atoms with E-state index in [4.69, 9.17) is 5.73 Å². The van der Waals surface area contributed by atoms with Gasteiger partial charge >= 0.3 is 0 Å². The van der Waals surface area contributed by atoms with Crippen LogP contribution in [-0.4, -0.2) is 16.1 Å². The molecule has 1 aromatic carbocycles. The molecule has 0 amide bonds. The number of nitrogens with two attached hydrogens (primary N) is 1. The van der Waals surface area contributed by atoms with E-state index in [9.17, 15) is 0 Å². The molecule has 0 bridgehead atoms. The molecular formula is C15H18N4S. The monoisotopic (exact) mass is 286 g/mol. The fourth-order valence-electron chi connectivity index (χ4n) is 2.26. The number of aryl methyl sites for hydroxylation is 1. The van der Waals surface area contributed by atoms with Gasteiger partial charge in [0.2, 0.25) is 0 Å². The van der Waals surface area contributed by atoms with Crippen LogP contribution in [-0.2, 0) is 13.1 Å². The molecule has 0 unspecified atom stereocenters. The second-order valence-electron chi connectivity index (χ2n) is 4.76. The first-order valence-corrected chi connectivity index (χ1v) is 7.65. The summed E-state index contributed by atoms with van der Waals surface area (Å²) in [4.78, 5) is 5.62. The number of para-hydroxylation sites is 2. The molecule has 0 aliphatic rings. The number of fused-ring (bicyclic) bond motifs is 1. The van der Waals surface area contributed by atoms with Crippen molar-refractivity contribution < 1.29 is 0 Å². The number of hydrogen-bond donors (Lipinski definition) is 2. The maximum Gasteiger partial charge on any atom is 0.0958 e. The van der Waals surface area contributed by atoms with E-state index in [1.807, 2.05) is 29.9 Å². The molecule has 3 rings (SSSR count). The molecule has 0 aliphatic carbocycles. The Morgan fingerprint density at radius 1 is 1.25 bits per heavy atom. The number of aromatic nitrogens is 2. The van der Waals surface area contributed by atoms with Crippen molar-refractivity contribution in [3.8, 4) is 0 Å². The van der Waals surface area contributed by atoms with Gasteiger partial charge in [0.25, 0.3) is 0 Å². The number of thiophene rings is 1. The molecule has 0 aliphatic heterocycles. The Morgan fingerprint density at radius 3 is 3.00 bits per heavy atom. The highest BCUT2D eigenvalue weighted by Gasteiger charge is 2.02. The Morgan fingerprint density at radius 2 is 2.15 bits per heavy atom. The Kier molecular flexibility index (Phi) is 3.99. The number of nitrogen functional groups attached to an aromatic ring is 1. The van der Waals surface area contributed by atoms with Crippen molar-refractivity contribution in [2.45, 2.75) is 19.5 Å². The van der Waals surface area contributed by atoms with E-state index in [1.54, 1.807) is 11.3 Å². The van der Waals surface area contributed by atoms with E-state index in [2.05, 4.69) is 27.0 Å². The number of imidazole rings is 1. The third-order valence-electron chi connectivity index (χ3n) is 3.35. The fraction of sp³-hybridized carbons (Fsp3) is 0.267. The summed E-state index contributed by atoms with van der Waals surface area (Å²) in [6.07, 6.45) is 2.99. The highest BCUT2D eigenvalue weighted by atomic mass is 32.1. The van der Waals surface area contributed by atoms with Crippen molar-refractivity contribution in [3.63, 3.8) is 0 Å². The van der Waals surface area contributed by atoms with Crippen LogP contribution in [0.15, 0.2) is 42.0 Å². The molecule has 0 spiro atoms. The van der Waals surface area contributed by atoms with Gasteiger partial charge in [-0.25, -0.2) is 4.98 Å². The number of benzene rings is 1. The molecule has 0 radical (unpaired) electrons. The summed E-state index contributed by atoms with van der Waals surface area (Å²) in [5.41, 5.74) is 9.01. The highest BCUT2D eigenvalue weighted by molar-refractivity contribution is 7.10. The Hall–Kier alpha value is -1.85. The summed E-state index contributed by atoms with van der Waals surface area (Å²) < 4.78 is 2.20. The average Bonchev–Trinajstić information content (AvgIpc) is 3.06. The van der Waals surface area contributed by atoms with Crippen molar-refractivity contribution >= 4 is 28.1 Å². The largest absolute Gasteiger partial charge is 0.398 e. The van der Waals surface area contributed by atoms with Crippen LogP contribution in [0.1, 0.15) is 11.3 Å². The second kappa shape index (κ2) is 6.07. The lowest BCUT2D eigenvalue weighted by atomic mass is 10.3. The van der Waals surface area contributed by atoms with E-state index in [1.165, 1.54) is 10.4 Å². The first kappa shape index (κ1) is 13.1. The molecule has 0 atom stereocenters. The molecule has 0 saturated heterocycles. The van der Waals surface area contributed by atoms with Crippen LogP contribution in [0.5, 0.6) is 0 Å². The number of hydrogen-bond acceptors (Lipinski definition) is 4. The summed E-state index contributed by atoms with van der Waals surface area (Å²) in [7, 11) is 0. The van der Waals surface area contributed by atoms with E-state index in [0.717, 1.165) is 37.3 Å².